The molecule has 0 aliphatic heterocycles. The molecule has 0 saturated heterocycles. The molecule has 0 aliphatic carbocycles. The number of nitrogens with one attached hydrogen (secondary N) is 1. The van der Waals surface area contributed by atoms with Crippen LogP contribution in [0.1, 0.15) is 5.69 Å². The maximum Gasteiger partial charge on any atom is 0.311 e. The molecule has 0 spiro atoms. The predicted molar refractivity (Wildman–Crippen MR) is 114 cm³/mol. The van der Waals surface area contributed by atoms with Gasteiger partial charge in [-0.15, -0.1) is 0 Å². The maximum atomic E-state index is 12.2. The number of methoxy groups -OCH3 is 4. The smallest absolute Gasteiger partial charge is 0.311 e. The summed E-state index contributed by atoms with van der Waals surface area (Å²) in [6.07, 6.45) is -0.178. The summed E-state index contributed by atoms with van der Waals surface area (Å²) in [5.74, 6) is 0.999. The Balaban J connectivity index is 2.30. The number of carbonyl (C=O) groups is 1. The van der Waals surface area contributed by atoms with Crippen LogP contribution in [0.5, 0.6) is 17.2 Å². The molecule has 0 bridgehead atoms. The molecule has 0 radical (unpaired) electrons. The normalized spacial score (nSPS) is 10.5. The van der Waals surface area contributed by atoms with E-state index in [9.17, 15) is 14.9 Å². The van der Waals surface area contributed by atoms with Crippen molar-refractivity contribution >= 4 is 11.7 Å². The van der Waals surface area contributed by atoms with E-state index >= 15 is 0 Å². The van der Waals surface area contributed by atoms with Gasteiger partial charge in [-0.2, -0.15) is 0 Å². The van der Waals surface area contributed by atoms with E-state index in [0.717, 1.165) is 0 Å². The van der Waals surface area contributed by atoms with Crippen molar-refractivity contribution in [3.8, 4) is 39.6 Å². The molecular weight excluding hydrogens is 404 g/mol. The van der Waals surface area contributed by atoms with Crippen molar-refractivity contribution in [2.24, 2.45) is 0 Å². The summed E-state index contributed by atoms with van der Waals surface area (Å²) in [5, 5.41) is 12.2. The van der Waals surface area contributed by atoms with Gasteiger partial charge in [-0.3, -0.25) is 14.9 Å². The molecule has 0 atom stereocenters. The maximum absolute atomic E-state index is 12.2. The minimum absolute atomic E-state index is 0.167. The van der Waals surface area contributed by atoms with Crippen LogP contribution in [0.25, 0.3) is 22.4 Å². The van der Waals surface area contributed by atoms with Gasteiger partial charge >= 0.3 is 11.7 Å². The van der Waals surface area contributed by atoms with Crippen molar-refractivity contribution in [1.82, 2.24) is 4.98 Å². The van der Waals surface area contributed by atoms with Gasteiger partial charge in [0.25, 0.3) is 0 Å². The van der Waals surface area contributed by atoms with Gasteiger partial charge in [0.15, 0.2) is 0 Å². The van der Waals surface area contributed by atoms with E-state index in [2.05, 4.69) is 4.98 Å². The van der Waals surface area contributed by atoms with E-state index in [4.69, 9.17) is 18.9 Å². The Morgan fingerprint density at radius 2 is 1.48 bits per heavy atom. The van der Waals surface area contributed by atoms with Gasteiger partial charge in [0.1, 0.15) is 22.9 Å². The average Bonchev–Trinajstić information content (AvgIpc) is 3.17. The monoisotopic (exact) mass is 426 g/mol. The van der Waals surface area contributed by atoms with Gasteiger partial charge in [0.05, 0.1) is 45.3 Å². The molecule has 0 fully saturated rings. The van der Waals surface area contributed by atoms with Gasteiger partial charge in [-0.05, 0) is 42.0 Å². The average molecular weight is 426 g/mol. The summed E-state index contributed by atoms with van der Waals surface area (Å²) >= 11 is 0. The molecule has 162 valence electrons. The number of nitro groups is 1. The van der Waals surface area contributed by atoms with Crippen molar-refractivity contribution in [3.63, 3.8) is 0 Å². The lowest BCUT2D eigenvalue weighted by Gasteiger charge is -2.09. The summed E-state index contributed by atoms with van der Waals surface area (Å²) in [6.45, 7) is 0. The third kappa shape index (κ3) is 4.45. The Morgan fingerprint density at radius 1 is 0.903 bits per heavy atom. The number of nitrogens with zero attached hydrogens (tertiary/aromatic N) is 1. The van der Waals surface area contributed by atoms with E-state index in [1.54, 1.807) is 42.5 Å². The minimum atomic E-state index is -0.534. The summed E-state index contributed by atoms with van der Waals surface area (Å²) in [5.41, 5.74) is 1.75. The molecular formula is C22H22N2O7. The second kappa shape index (κ2) is 9.21. The van der Waals surface area contributed by atoms with E-state index in [0.29, 0.717) is 34.1 Å². The van der Waals surface area contributed by atoms with E-state index in [1.807, 2.05) is 0 Å². The van der Waals surface area contributed by atoms with Crippen LogP contribution in [-0.2, 0) is 16.0 Å². The number of esters is 1. The first-order valence-electron chi connectivity index (χ1n) is 9.25. The van der Waals surface area contributed by atoms with E-state index in [1.165, 1.54) is 28.4 Å². The first kappa shape index (κ1) is 21.7. The molecule has 2 aromatic carbocycles. The highest BCUT2D eigenvalue weighted by atomic mass is 16.6. The number of aromatic nitrogens is 1. The fourth-order valence-corrected chi connectivity index (χ4v) is 3.30. The number of aromatic amines is 1. The van der Waals surface area contributed by atoms with Gasteiger partial charge in [0, 0.05) is 17.3 Å². The third-order valence-electron chi connectivity index (χ3n) is 4.80. The molecule has 1 aromatic heterocycles. The number of ether oxygens (including phenoxy) is 4. The highest BCUT2D eigenvalue weighted by Gasteiger charge is 2.30. The lowest BCUT2D eigenvalue weighted by atomic mass is 10.0. The van der Waals surface area contributed by atoms with Crippen LogP contribution in [-0.4, -0.2) is 44.3 Å². The van der Waals surface area contributed by atoms with Gasteiger partial charge in [0.2, 0.25) is 0 Å². The summed E-state index contributed by atoms with van der Waals surface area (Å²) in [6, 6.07) is 11.8. The lowest BCUT2D eigenvalue weighted by Crippen LogP contribution is -2.06. The molecule has 3 rings (SSSR count). The molecule has 0 amide bonds. The molecule has 9 nitrogen and oxygen atoms in total. The number of H-pyrrole nitrogens is 1. The third-order valence-corrected chi connectivity index (χ3v) is 4.80. The van der Waals surface area contributed by atoms with Crippen LogP contribution >= 0.6 is 0 Å². The molecule has 0 saturated carbocycles. The highest BCUT2D eigenvalue weighted by Crippen LogP contribution is 2.44. The Hall–Kier alpha value is -4.01. The van der Waals surface area contributed by atoms with Crippen LogP contribution in [0.3, 0.4) is 0 Å². The van der Waals surface area contributed by atoms with Gasteiger partial charge in [-0.1, -0.05) is 0 Å². The van der Waals surface area contributed by atoms with Crippen LogP contribution in [0, 0.1) is 10.1 Å². The molecule has 3 aromatic rings. The number of hydrogen-bond donors (Lipinski definition) is 1. The van der Waals surface area contributed by atoms with Crippen molar-refractivity contribution < 1.29 is 28.7 Å². The molecule has 0 aliphatic rings. The van der Waals surface area contributed by atoms with Gasteiger partial charge in [-0.25, -0.2) is 0 Å². The fraction of sp³-hybridized carbons (Fsp3) is 0.227. The fourth-order valence-electron chi connectivity index (χ4n) is 3.30. The number of hydrogen-bond acceptors (Lipinski definition) is 7. The highest BCUT2D eigenvalue weighted by molar-refractivity contribution is 5.90. The van der Waals surface area contributed by atoms with Crippen molar-refractivity contribution in [2.45, 2.75) is 6.42 Å². The van der Waals surface area contributed by atoms with Crippen molar-refractivity contribution in [3.05, 3.63) is 58.3 Å². The number of carbonyl (C=O) groups excluding carboxylic acids is 1. The minimum Gasteiger partial charge on any atom is -0.497 e. The Kier molecular flexibility index (Phi) is 6.44. The lowest BCUT2D eigenvalue weighted by molar-refractivity contribution is -0.383. The molecule has 1 heterocycles. The zero-order chi connectivity index (χ0) is 22.5. The number of rotatable bonds is 8. The second-order valence-electron chi connectivity index (χ2n) is 6.54. The standard InChI is InChI=1S/C22H22N2O7/c1-28-15-7-5-13(6-8-15)21-22(24(26)27)20(18(23-21)12-19(25)31-4)14-9-16(29-2)11-17(10-14)30-3/h5-11,23H,12H2,1-4H3. The molecule has 31 heavy (non-hydrogen) atoms. The summed E-state index contributed by atoms with van der Waals surface area (Å²) in [4.78, 5) is 26.8. The molecule has 9 heteroatoms. The van der Waals surface area contributed by atoms with Crippen LogP contribution in [0.4, 0.5) is 5.69 Å². The van der Waals surface area contributed by atoms with Crippen LogP contribution < -0.4 is 14.2 Å². The molecule has 0 unspecified atom stereocenters. The summed E-state index contributed by atoms with van der Waals surface area (Å²) in [7, 11) is 5.78. The van der Waals surface area contributed by atoms with Gasteiger partial charge < -0.3 is 23.9 Å². The quantitative estimate of drug-likeness (QED) is 0.329. The Bertz CT molecular complexity index is 1080. The van der Waals surface area contributed by atoms with Crippen LogP contribution in [0.15, 0.2) is 42.5 Å². The largest absolute Gasteiger partial charge is 0.497 e. The SMILES string of the molecule is COC(=O)Cc1[nH]c(-c2ccc(OC)cc2)c([N+](=O)[O-])c1-c1cc(OC)cc(OC)c1. The van der Waals surface area contributed by atoms with Crippen LogP contribution in [0.2, 0.25) is 0 Å². The van der Waals surface area contributed by atoms with E-state index in [-0.39, 0.29) is 23.4 Å². The zero-order valence-corrected chi connectivity index (χ0v) is 17.6. The summed E-state index contributed by atoms with van der Waals surface area (Å²) < 4.78 is 20.6. The first-order valence-corrected chi connectivity index (χ1v) is 9.25. The second-order valence-corrected chi connectivity index (χ2v) is 6.54. The zero-order valence-electron chi connectivity index (χ0n) is 17.6. The van der Waals surface area contributed by atoms with Crippen molar-refractivity contribution in [2.75, 3.05) is 28.4 Å². The van der Waals surface area contributed by atoms with E-state index < -0.39 is 10.9 Å². The van der Waals surface area contributed by atoms with Crippen molar-refractivity contribution in [1.29, 1.82) is 0 Å². The Morgan fingerprint density at radius 3 is 1.97 bits per heavy atom. The number of benzene rings is 2. The molecule has 1 N–H and O–H groups in total. The Labute approximate surface area is 178 Å². The topological polar surface area (TPSA) is 113 Å². The first-order chi connectivity index (χ1) is 14.9. The predicted octanol–water partition coefficient (Wildman–Crippen LogP) is 4.00.